The van der Waals surface area contributed by atoms with Crippen molar-refractivity contribution in [3.63, 3.8) is 0 Å². The van der Waals surface area contributed by atoms with Crippen molar-refractivity contribution in [3.8, 4) is 91.5 Å². The Morgan fingerprint density at radius 3 is 0.815 bits per heavy atom. The van der Waals surface area contributed by atoms with Crippen LogP contribution < -0.4 is 47.9 Å². The number of benzene rings is 4. The van der Waals surface area contributed by atoms with Crippen LogP contribution in [0.15, 0.2) is 13.4 Å². The first kappa shape index (κ1) is 62.9. The summed E-state index contributed by atoms with van der Waals surface area (Å²) in [5.74, 6) is -1.55. The molecule has 0 aliphatic carbocycles. The Hall–Kier alpha value is -4.17. The van der Waals surface area contributed by atoms with Crippen LogP contribution in [0.4, 0.5) is 0 Å². The van der Waals surface area contributed by atoms with E-state index in [1.807, 2.05) is 0 Å². The third-order valence-corrected chi connectivity index (χ3v) is 15.4. The van der Waals surface area contributed by atoms with Gasteiger partial charge in [-0.1, -0.05) is 58.0 Å². The summed E-state index contributed by atoms with van der Waals surface area (Å²) in [7, 11) is 0. The van der Waals surface area contributed by atoms with Crippen molar-refractivity contribution in [2.45, 2.75) is 0 Å². The summed E-state index contributed by atoms with van der Waals surface area (Å²) in [5, 5.41) is 78.7. The zero-order valence-corrected chi connectivity index (χ0v) is 53.0. The summed E-state index contributed by atoms with van der Waals surface area (Å²) >= 11 is 47.5. The van der Waals surface area contributed by atoms with Crippen molar-refractivity contribution in [1.82, 2.24) is 39.9 Å². The van der Waals surface area contributed by atoms with Crippen LogP contribution in [0.5, 0.6) is 46.0 Å². The van der Waals surface area contributed by atoms with Crippen LogP contribution in [-0.4, -0.2) is 176 Å². The van der Waals surface area contributed by atoms with Crippen LogP contribution in [-0.2, 0) is 19.5 Å². The van der Waals surface area contributed by atoms with E-state index in [0.717, 1.165) is 0 Å². The van der Waals surface area contributed by atoms with Crippen LogP contribution in [0.1, 0.15) is 0 Å². The largest absolute Gasteiger partial charge is 2.00 e. The number of halogens is 8. The Labute approximate surface area is 519 Å². The molecule has 0 spiro atoms. The predicted octanol–water partition coefficient (Wildman–Crippen LogP) is 6.65. The number of aliphatic hydroxyl groups is 8. The molecule has 2 aliphatic heterocycles. The fourth-order valence-electron chi connectivity index (χ4n) is 8.37. The number of fused-ring (bicyclic) bond motifs is 20. The molecule has 8 N–H and O–H groups in total. The number of nitrogens with zero attached hydrogens (tertiary/aromatic N) is 8. The summed E-state index contributed by atoms with van der Waals surface area (Å²) in [6.45, 7) is -5.80. The SMILES string of the molecule is OCCOc1c(Cl)c2c(c(Cl)c1OCCO)-c1nc-2nc2[n-]c(nc3nc(nc4[n-]c(n1)c1c(Br)c(OCCO)c(OCCO)c(Cl)c41)-c1c(Br)c(OCCO)c(OCCO)c(Cl)c1-3)c1c(Cl)c(OCCO)c(OCCO)c(Br)c21.[Zn+2]. The molecular weight excluding hydrogens is 1430 g/mol. The van der Waals surface area contributed by atoms with Crippen molar-refractivity contribution in [1.29, 1.82) is 0 Å². The van der Waals surface area contributed by atoms with Crippen molar-refractivity contribution in [2.75, 3.05) is 106 Å². The molecule has 8 bridgehead atoms. The van der Waals surface area contributed by atoms with Crippen LogP contribution in [0.3, 0.4) is 0 Å². The molecule has 0 amide bonds. The molecule has 0 saturated carbocycles. The molecule has 0 atom stereocenters. The quantitative estimate of drug-likeness (QED) is 0.0294. The van der Waals surface area contributed by atoms with Gasteiger partial charge in [0.15, 0.2) is 46.0 Å². The van der Waals surface area contributed by atoms with Crippen molar-refractivity contribution >= 4 is 150 Å². The number of hydrogen-bond donors (Lipinski definition) is 8. The molecule has 4 aromatic carbocycles. The third-order valence-electron chi connectivity index (χ3n) is 11.4. The Balaban J connectivity index is 0.00000860. The normalized spacial score (nSPS) is 11.7. The minimum Gasteiger partial charge on any atom is -0.486 e. The van der Waals surface area contributed by atoms with Gasteiger partial charge in [-0.25, -0.2) is 9.97 Å². The maximum atomic E-state index is 9.92. The van der Waals surface area contributed by atoms with E-state index in [0.29, 0.717) is 0 Å². The summed E-state index contributed by atoms with van der Waals surface area (Å²) in [6, 6.07) is 0. The van der Waals surface area contributed by atoms with Gasteiger partial charge in [-0.3, -0.25) is 0 Å². The van der Waals surface area contributed by atoms with Crippen LogP contribution in [0, 0.1) is 0 Å². The van der Waals surface area contributed by atoms with Crippen LogP contribution in [0.2, 0.25) is 25.1 Å². The first-order chi connectivity index (χ1) is 38.7. The number of aliphatic hydroxyl groups excluding tert-OH is 8. The average Bonchev–Trinajstić information content (AvgIpc) is 4.31. The third kappa shape index (κ3) is 11.7. The monoisotopic (exact) mass is 1460 g/mol. The summed E-state index contributed by atoms with van der Waals surface area (Å²) < 4.78 is 48.2. The molecule has 0 radical (unpaired) electrons. The molecule has 5 heterocycles. The van der Waals surface area contributed by atoms with Gasteiger partial charge < -0.3 is 109 Å². The van der Waals surface area contributed by atoms with E-state index in [2.05, 4.69) is 47.8 Å². The number of aromatic nitrogens is 8. The standard InChI is InChI=1S/C48H40Br3Cl5N8O16.Zn/c49-25-17-20(28(52)36(76-12-4-68)33(25)73-9-1-65)44-57-41-18-21(29(53)37(77-13-5-69)34(26(18)50)74-10-2-66)45(59-41)63-46-22-19(27(51)35(75-11-3-67)38(30(22)54)78-14-6-70)43(60-46)62-48-24-23(47(64-48)61-42(17)58-44)31(55)39(79-15-7-71)40(32(24)56)80-16-8-72;/h65-72H,1-16H2;/q-2;+2. The Kier molecular flexibility index (Phi) is 21.5. The minimum absolute atomic E-state index is 0. The van der Waals surface area contributed by atoms with Gasteiger partial charge >= 0.3 is 19.5 Å². The van der Waals surface area contributed by atoms with Gasteiger partial charge in [0.05, 0.1) is 115 Å². The van der Waals surface area contributed by atoms with E-state index < -0.39 is 52.9 Å². The molecule has 0 fully saturated rings. The maximum absolute atomic E-state index is 9.92. The predicted molar refractivity (Wildman–Crippen MR) is 303 cm³/mol. The molecule has 9 rings (SSSR count). The van der Waals surface area contributed by atoms with E-state index >= 15 is 0 Å². The number of ether oxygens (including phenoxy) is 8. The molecule has 33 heteroatoms. The molecule has 7 aromatic rings. The van der Waals surface area contributed by atoms with E-state index in [9.17, 15) is 40.9 Å². The molecule has 3 aromatic heterocycles. The molecule has 2 aliphatic rings. The van der Waals surface area contributed by atoms with Gasteiger partial charge in [0.2, 0.25) is 0 Å². The molecule has 81 heavy (non-hydrogen) atoms. The van der Waals surface area contributed by atoms with Crippen molar-refractivity contribution < 1.29 is 98.2 Å². The van der Waals surface area contributed by atoms with E-state index in [1.54, 1.807) is 0 Å². The Bertz CT molecular complexity index is 3280. The van der Waals surface area contributed by atoms with Gasteiger partial charge in [0.1, 0.15) is 52.9 Å². The fourth-order valence-corrected chi connectivity index (χ4v) is 12.0. The zero-order chi connectivity index (χ0) is 57.1. The summed E-state index contributed by atoms with van der Waals surface area (Å²) in [4.78, 5) is 39.6. The van der Waals surface area contributed by atoms with Gasteiger partial charge in [-0.15, -0.1) is 0 Å². The minimum atomic E-state index is -0.471. The molecular formula is C48H40Br3Cl5N8O16Zn. The average molecular weight is 1470 g/mol. The topological polar surface area (TPSA) is 341 Å². The molecule has 0 unspecified atom stereocenters. The first-order valence-corrected chi connectivity index (χ1v) is 27.8. The van der Waals surface area contributed by atoms with Gasteiger partial charge in [-0.2, -0.15) is 0 Å². The Morgan fingerprint density at radius 2 is 0.519 bits per heavy atom. The second-order valence-corrected chi connectivity index (χ2v) is 20.5. The van der Waals surface area contributed by atoms with E-state index in [1.165, 1.54) is 0 Å². The van der Waals surface area contributed by atoms with Crippen LogP contribution >= 0.6 is 106 Å². The maximum Gasteiger partial charge on any atom is 2.00 e. The van der Waals surface area contributed by atoms with E-state index in [-0.39, 0.29) is 247 Å². The van der Waals surface area contributed by atoms with Gasteiger partial charge in [-0.05, 0) is 47.8 Å². The zero-order valence-electron chi connectivity index (χ0n) is 41.5. The van der Waals surface area contributed by atoms with Crippen molar-refractivity contribution in [2.24, 2.45) is 0 Å². The molecule has 24 nitrogen and oxygen atoms in total. The van der Waals surface area contributed by atoms with Gasteiger partial charge in [0.25, 0.3) is 0 Å². The second kappa shape index (κ2) is 27.7. The fraction of sp³-hybridized carbons (Fsp3) is 0.333. The smallest absolute Gasteiger partial charge is 0.486 e. The number of rotatable bonds is 24. The molecule has 426 valence electrons. The summed E-state index contributed by atoms with van der Waals surface area (Å²) in [5.41, 5.74) is -0.564. The van der Waals surface area contributed by atoms with Gasteiger partial charge in [0, 0.05) is 66.4 Å². The first-order valence-electron chi connectivity index (χ1n) is 23.6. The van der Waals surface area contributed by atoms with Crippen LogP contribution in [0.25, 0.3) is 89.7 Å². The summed E-state index contributed by atoms with van der Waals surface area (Å²) in [6.07, 6.45) is 0. The molecule has 0 saturated heterocycles. The second-order valence-electron chi connectivity index (χ2n) is 16.2. The van der Waals surface area contributed by atoms with Crippen molar-refractivity contribution in [3.05, 3.63) is 38.5 Å². The van der Waals surface area contributed by atoms with E-state index in [4.69, 9.17) is 136 Å². The number of hydrogen-bond acceptors (Lipinski definition) is 22. The Morgan fingerprint density at radius 1 is 0.296 bits per heavy atom.